The highest BCUT2D eigenvalue weighted by Gasteiger charge is 2.19. The van der Waals surface area contributed by atoms with E-state index in [-0.39, 0.29) is 5.41 Å². The van der Waals surface area contributed by atoms with Crippen molar-refractivity contribution in [3.63, 3.8) is 0 Å². The topological polar surface area (TPSA) is 29.5 Å². The van der Waals surface area contributed by atoms with E-state index in [1.54, 1.807) is 37.4 Å². The molecule has 0 saturated carbocycles. The Labute approximate surface area is 150 Å². The van der Waals surface area contributed by atoms with Gasteiger partial charge in [0.2, 0.25) is 0 Å². The minimum Gasteiger partial charge on any atom is -0.410 e. The van der Waals surface area contributed by atoms with Crippen LogP contribution < -0.4 is 9.64 Å². The van der Waals surface area contributed by atoms with Gasteiger partial charge in [0.25, 0.3) is 0 Å². The van der Waals surface area contributed by atoms with Crippen LogP contribution in [0.4, 0.5) is 10.5 Å². The number of hydrogen-bond donors (Lipinski definition) is 0. The molecule has 0 heterocycles. The van der Waals surface area contributed by atoms with Gasteiger partial charge in [-0.25, -0.2) is 4.79 Å². The van der Waals surface area contributed by atoms with Crippen molar-refractivity contribution in [2.45, 2.75) is 26.2 Å². The SMILES string of the molecule is CN(C(=O)Oc1ccc(Br)c(C(C)(C)C)c1)c1cccc(Cl)c1. The first kappa shape index (κ1) is 17.8. The largest absolute Gasteiger partial charge is 0.419 e. The summed E-state index contributed by atoms with van der Waals surface area (Å²) in [5.41, 5.74) is 1.70. The van der Waals surface area contributed by atoms with E-state index in [1.807, 2.05) is 12.1 Å². The molecule has 0 saturated heterocycles. The summed E-state index contributed by atoms with van der Waals surface area (Å²) in [7, 11) is 1.65. The zero-order chi connectivity index (χ0) is 17.2. The third-order valence-corrected chi connectivity index (χ3v) is 4.35. The minimum absolute atomic E-state index is 0.0554. The number of amides is 1. The normalized spacial score (nSPS) is 11.2. The minimum atomic E-state index is -0.463. The van der Waals surface area contributed by atoms with Crippen LogP contribution in [0.3, 0.4) is 0 Å². The number of hydrogen-bond acceptors (Lipinski definition) is 2. The average molecular weight is 397 g/mol. The quantitative estimate of drug-likeness (QED) is 0.619. The molecule has 1 amide bonds. The molecule has 0 atom stereocenters. The van der Waals surface area contributed by atoms with E-state index in [9.17, 15) is 4.79 Å². The Balaban J connectivity index is 2.20. The lowest BCUT2D eigenvalue weighted by molar-refractivity contribution is 0.209. The number of nitrogens with zero attached hydrogens (tertiary/aromatic N) is 1. The molecule has 5 heteroatoms. The summed E-state index contributed by atoms with van der Waals surface area (Å²) < 4.78 is 6.48. The van der Waals surface area contributed by atoms with E-state index in [0.717, 1.165) is 10.0 Å². The van der Waals surface area contributed by atoms with Gasteiger partial charge in [-0.2, -0.15) is 0 Å². The van der Waals surface area contributed by atoms with Crippen LogP contribution in [-0.4, -0.2) is 13.1 Å². The second-order valence-corrected chi connectivity index (χ2v) is 7.59. The molecule has 0 aliphatic heterocycles. The summed E-state index contributed by atoms with van der Waals surface area (Å²) in [6, 6.07) is 12.6. The standard InChI is InChI=1S/C18H19BrClNO2/c1-18(2,3)15-11-14(8-9-16(15)19)23-17(22)21(4)13-7-5-6-12(20)10-13/h5-11H,1-4H3. The second-order valence-electron chi connectivity index (χ2n) is 6.30. The maximum atomic E-state index is 12.3. The number of halogens is 2. The van der Waals surface area contributed by atoms with Crippen molar-refractivity contribution in [1.29, 1.82) is 0 Å². The van der Waals surface area contributed by atoms with Gasteiger partial charge >= 0.3 is 6.09 Å². The van der Waals surface area contributed by atoms with Crippen molar-refractivity contribution < 1.29 is 9.53 Å². The summed E-state index contributed by atoms with van der Waals surface area (Å²) in [6.45, 7) is 6.32. The summed E-state index contributed by atoms with van der Waals surface area (Å²) in [5.74, 6) is 0.511. The fourth-order valence-corrected chi connectivity index (χ4v) is 3.13. The first-order chi connectivity index (χ1) is 10.7. The molecular weight excluding hydrogens is 378 g/mol. The Bertz CT molecular complexity index is 725. The maximum Gasteiger partial charge on any atom is 0.419 e. The van der Waals surface area contributed by atoms with Gasteiger partial charge in [-0.3, -0.25) is 4.90 Å². The Kier molecular flexibility index (Phi) is 5.37. The molecule has 0 N–H and O–H groups in total. The van der Waals surface area contributed by atoms with Crippen molar-refractivity contribution in [1.82, 2.24) is 0 Å². The van der Waals surface area contributed by atoms with Gasteiger partial charge in [-0.15, -0.1) is 0 Å². The van der Waals surface area contributed by atoms with Crippen LogP contribution in [0.25, 0.3) is 0 Å². The van der Waals surface area contributed by atoms with Crippen molar-refractivity contribution in [3.05, 3.63) is 57.5 Å². The number of anilines is 1. The number of benzene rings is 2. The molecule has 0 aliphatic rings. The average Bonchev–Trinajstić information content (AvgIpc) is 2.47. The highest BCUT2D eigenvalue weighted by atomic mass is 79.9. The first-order valence-electron chi connectivity index (χ1n) is 7.19. The predicted molar refractivity (Wildman–Crippen MR) is 98.7 cm³/mol. The Morgan fingerprint density at radius 3 is 2.48 bits per heavy atom. The van der Waals surface area contributed by atoms with Gasteiger partial charge in [-0.1, -0.05) is 54.4 Å². The molecule has 0 unspecified atom stereocenters. The van der Waals surface area contributed by atoms with Crippen LogP contribution in [0.2, 0.25) is 5.02 Å². The van der Waals surface area contributed by atoms with Crippen LogP contribution in [0.1, 0.15) is 26.3 Å². The highest BCUT2D eigenvalue weighted by Crippen LogP contribution is 2.33. The van der Waals surface area contributed by atoms with Gasteiger partial charge in [-0.05, 0) is 47.4 Å². The van der Waals surface area contributed by atoms with Crippen molar-refractivity contribution >= 4 is 39.3 Å². The zero-order valence-corrected chi connectivity index (χ0v) is 15.9. The lowest BCUT2D eigenvalue weighted by Gasteiger charge is -2.22. The van der Waals surface area contributed by atoms with Crippen LogP contribution in [0, 0.1) is 0 Å². The Hall–Kier alpha value is -1.52. The van der Waals surface area contributed by atoms with E-state index >= 15 is 0 Å². The molecule has 0 radical (unpaired) electrons. The van der Waals surface area contributed by atoms with Crippen molar-refractivity contribution in [3.8, 4) is 5.75 Å². The molecule has 122 valence electrons. The summed E-state index contributed by atoms with van der Waals surface area (Å²) in [4.78, 5) is 13.7. The fraction of sp³-hybridized carbons (Fsp3) is 0.278. The molecule has 2 aromatic rings. The van der Waals surface area contributed by atoms with E-state index in [0.29, 0.717) is 16.5 Å². The van der Waals surface area contributed by atoms with E-state index in [4.69, 9.17) is 16.3 Å². The highest BCUT2D eigenvalue weighted by molar-refractivity contribution is 9.10. The lowest BCUT2D eigenvalue weighted by Crippen LogP contribution is -2.29. The summed E-state index contributed by atoms with van der Waals surface area (Å²) >= 11 is 9.50. The molecule has 0 aromatic heterocycles. The number of rotatable bonds is 2. The van der Waals surface area contributed by atoms with Gasteiger partial charge < -0.3 is 4.74 Å². The van der Waals surface area contributed by atoms with Crippen molar-refractivity contribution in [2.24, 2.45) is 0 Å². The van der Waals surface area contributed by atoms with Gasteiger partial charge in [0.15, 0.2) is 0 Å². The fourth-order valence-electron chi connectivity index (χ4n) is 2.10. The zero-order valence-electron chi connectivity index (χ0n) is 13.6. The maximum absolute atomic E-state index is 12.3. The van der Waals surface area contributed by atoms with E-state index in [1.165, 1.54) is 4.90 Å². The van der Waals surface area contributed by atoms with Crippen molar-refractivity contribution in [2.75, 3.05) is 11.9 Å². The second kappa shape index (κ2) is 6.93. The molecule has 3 nitrogen and oxygen atoms in total. The smallest absolute Gasteiger partial charge is 0.410 e. The van der Waals surface area contributed by atoms with Gasteiger partial charge in [0, 0.05) is 22.2 Å². The Morgan fingerprint density at radius 1 is 1.17 bits per heavy atom. The Morgan fingerprint density at radius 2 is 1.87 bits per heavy atom. The van der Waals surface area contributed by atoms with Gasteiger partial charge in [0.05, 0.1) is 0 Å². The summed E-state index contributed by atoms with van der Waals surface area (Å²) in [5, 5.41) is 0.570. The predicted octanol–water partition coefficient (Wildman–Crippen LogP) is 6.04. The third-order valence-electron chi connectivity index (χ3n) is 3.42. The number of carbonyl (C=O) groups is 1. The van der Waals surface area contributed by atoms with Gasteiger partial charge in [0.1, 0.15) is 5.75 Å². The van der Waals surface area contributed by atoms with Crippen LogP contribution >= 0.6 is 27.5 Å². The van der Waals surface area contributed by atoms with Crippen LogP contribution in [0.15, 0.2) is 46.9 Å². The molecule has 0 bridgehead atoms. The van der Waals surface area contributed by atoms with E-state index in [2.05, 4.69) is 36.7 Å². The first-order valence-corrected chi connectivity index (χ1v) is 8.37. The lowest BCUT2D eigenvalue weighted by atomic mass is 9.87. The monoisotopic (exact) mass is 395 g/mol. The summed E-state index contributed by atoms with van der Waals surface area (Å²) in [6.07, 6.45) is -0.463. The number of ether oxygens (including phenoxy) is 1. The van der Waals surface area contributed by atoms with E-state index < -0.39 is 6.09 Å². The molecule has 2 rings (SSSR count). The third kappa shape index (κ3) is 4.49. The number of carbonyl (C=O) groups excluding carboxylic acids is 1. The molecule has 2 aromatic carbocycles. The molecular formula is C18H19BrClNO2. The van der Waals surface area contributed by atoms with Crippen LogP contribution in [0.5, 0.6) is 5.75 Å². The molecule has 23 heavy (non-hydrogen) atoms. The molecule has 0 spiro atoms. The van der Waals surface area contributed by atoms with Crippen LogP contribution in [-0.2, 0) is 5.41 Å². The molecule has 0 aliphatic carbocycles. The molecule has 0 fully saturated rings.